The van der Waals surface area contributed by atoms with Gasteiger partial charge in [0.15, 0.2) is 8.32 Å². The van der Waals surface area contributed by atoms with Crippen molar-refractivity contribution in [3.05, 3.63) is 24.3 Å². The maximum Gasteiger partial charge on any atom is 0.192 e. The summed E-state index contributed by atoms with van der Waals surface area (Å²) in [6.45, 7) is 15.7. The van der Waals surface area contributed by atoms with E-state index in [1.54, 1.807) is 5.57 Å². The van der Waals surface area contributed by atoms with Crippen LogP contribution >= 0.6 is 0 Å². The van der Waals surface area contributed by atoms with Gasteiger partial charge in [0.2, 0.25) is 0 Å². The highest BCUT2D eigenvalue weighted by atomic mass is 28.4. The first kappa shape index (κ1) is 14.1. The van der Waals surface area contributed by atoms with Gasteiger partial charge in [0.25, 0.3) is 0 Å². The van der Waals surface area contributed by atoms with Crippen molar-refractivity contribution in [2.75, 3.05) is 0 Å². The van der Waals surface area contributed by atoms with Crippen LogP contribution in [0.2, 0.25) is 18.1 Å². The first-order chi connectivity index (χ1) is 8.26. The highest BCUT2D eigenvalue weighted by Gasteiger charge is 2.45. The third-order valence-electron chi connectivity index (χ3n) is 5.17. The summed E-state index contributed by atoms with van der Waals surface area (Å²) in [7, 11) is -1.65. The maximum atomic E-state index is 6.63. The highest BCUT2D eigenvalue weighted by molar-refractivity contribution is 6.74. The van der Waals surface area contributed by atoms with Gasteiger partial charge in [0.05, 0.1) is 6.10 Å². The van der Waals surface area contributed by atoms with Crippen molar-refractivity contribution in [3.8, 4) is 0 Å². The second kappa shape index (κ2) is 4.64. The van der Waals surface area contributed by atoms with Gasteiger partial charge in [-0.25, -0.2) is 0 Å². The van der Waals surface area contributed by atoms with Crippen LogP contribution in [0.4, 0.5) is 0 Å². The molecule has 1 fully saturated rings. The molecule has 18 heavy (non-hydrogen) atoms. The zero-order chi connectivity index (χ0) is 13.6. The summed E-state index contributed by atoms with van der Waals surface area (Å²) < 4.78 is 6.63. The van der Waals surface area contributed by atoms with E-state index in [0.29, 0.717) is 17.1 Å². The third kappa shape index (κ3) is 2.37. The van der Waals surface area contributed by atoms with E-state index in [1.807, 2.05) is 0 Å². The van der Waals surface area contributed by atoms with Gasteiger partial charge in [-0.1, -0.05) is 38.5 Å². The Bertz CT molecular complexity index is 362. The molecule has 0 aliphatic heterocycles. The van der Waals surface area contributed by atoms with Crippen molar-refractivity contribution in [1.82, 2.24) is 0 Å². The summed E-state index contributed by atoms with van der Waals surface area (Å²) >= 11 is 0. The Morgan fingerprint density at radius 1 is 1.39 bits per heavy atom. The van der Waals surface area contributed by atoms with E-state index in [9.17, 15) is 0 Å². The Morgan fingerprint density at radius 3 is 2.61 bits per heavy atom. The molecule has 3 atom stereocenters. The minimum absolute atomic E-state index is 0.296. The van der Waals surface area contributed by atoms with Gasteiger partial charge in [0.1, 0.15) is 0 Å². The summed E-state index contributed by atoms with van der Waals surface area (Å²) in [5.41, 5.74) is 1.62. The van der Waals surface area contributed by atoms with Crippen LogP contribution in [0.5, 0.6) is 0 Å². The maximum absolute atomic E-state index is 6.63. The molecule has 2 aliphatic rings. The molecule has 0 N–H and O–H groups in total. The van der Waals surface area contributed by atoms with Crippen molar-refractivity contribution >= 4 is 8.32 Å². The lowest BCUT2D eigenvalue weighted by molar-refractivity contribution is 0.160. The molecule has 2 rings (SSSR count). The van der Waals surface area contributed by atoms with Crippen LogP contribution in [-0.4, -0.2) is 14.4 Å². The summed E-state index contributed by atoms with van der Waals surface area (Å²) in [6, 6.07) is 0. The molecule has 2 aliphatic carbocycles. The molecule has 1 saturated carbocycles. The lowest BCUT2D eigenvalue weighted by Gasteiger charge is -2.39. The van der Waals surface area contributed by atoms with Crippen LogP contribution in [0.1, 0.15) is 40.0 Å². The monoisotopic (exact) mass is 264 g/mol. The zero-order valence-electron chi connectivity index (χ0n) is 12.6. The van der Waals surface area contributed by atoms with Gasteiger partial charge < -0.3 is 4.43 Å². The van der Waals surface area contributed by atoms with Crippen LogP contribution in [0, 0.1) is 11.8 Å². The van der Waals surface area contributed by atoms with Crippen LogP contribution in [-0.2, 0) is 4.43 Å². The molecule has 0 aromatic carbocycles. The summed E-state index contributed by atoms with van der Waals surface area (Å²) in [5, 5.41) is 0.296. The molecule has 0 amide bonds. The molecule has 0 saturated heterocycles. The minimum Gasteiger partial charge on any atom is -0.413 e. The standard InChI is InChI=1S/C16H28OSi/c1-7-13-14-10-8-9-12(14)11-15(13)17-18(5,6)16(2,3)4/h7,10,12-13,15H,1,8-9,11H2,2-6H3/t12-,13+,15-/m0/s1. The van der Waals surface area contributed by atoms with E-state index in [-0.39, 0.29) is 0 Å². The smallest absolute Gasteiger partial charge is 0.192 e. The molecular formula is C16H28OSi. The number of allylic oxidation sites excluding steroid dienone is 1. The Morgan fingerprint density at radius 2 is 2.06 bits per heavy atom. The fourth-order valence-corrected chi connectivity index (χ4v) is 4.41. The zero-order valence-corrected chi connectivity index (χ0v) is 13.6. The quantitative estimate of drug-likeness (QED) is 0.519. The summed E-state index contributed by atoms with van der Waals surface area (Å²) in [5.74, 6) is 1.26. The molecule has 0 unspecified atom stereocenters. The van der Waals surface area contributed by atoms with Crippen LogP contribution in [0.25, 0.3) is 0 Å². The molecule has 2 heteroatoms. The molecular weight excluding hydrogens is 236 g/mol. The Kier molecular flexibility index (Phi) is 3.63. The normalized spacial score (nSPS) is 32.3. The van der Waals surface area contributed by atoms with Crippen LogP contribution in [0.15, 0.2) is 24.3 Å². The third-order valence-corrected chi connectivity index (χ3v) is 9.68. The second-order valence-corrected chi connectivity index (χ2v) is 12.1. The Labute approximate surface area is 113 Å². The van der Waals surface area contributed by atoms with Gasteiger partial charge in [-0.2, -0.15) is 0 Å². The van der Waals surface area contributed by atoms with E-state index in [0.717, 1.165) is 5.92 Å². The molecule has 0 bridgehead atoms. The van der Waals surface area contributed by atoms with E-state index in [4.69, 9.17) is 4.43 Å². The molecule has 0 radical (unpaired) electrons. The van der Waals surface area contributed by atoms with Gasteiger partial charge in [-0.15, -0.1) is 6.58 Å². The molecule has 0 heterocycles. The Balaban J connectivity index is 2.13. The van der Waals surface area contributed by atoms with Gasteiger partial charge in [-0.3, -0.25) is 0 Å². The molecule has 1 nitrogen and oxygen atoms in total. The average Bonchev–Trinajstić information content (AvgIpc) is 2.74. The Hall–Kier alpha value is -0.343. The second-order valence-electron chi connectivity index (χ2n) is 7.39. The van der Waals surface area contributed by atoms with E-state index in [1.165, 1.54) is 19.3 Å². The van der Waals surface area contributed by atoms with Gasteiger partial charge in [-0.05, 0) is 43.3 Å². The average molecular weight is 264 g/mol. The molecule has 0 aromatic rings. The number of hydrogen-bond donors (Lipinski definition) is 0. The van der Waals surface area contributed by atoms with E-state index < -0.39 is 8.32 Å². The largest absolute Gasteiger partial charge is 0.413 e. The first-order valence-corrected chi connectivity index (χ1v) is 10.2. The van der Waals surface area contributed by atoms with Crippen molar-refractivity contribution in [1.29, 1.82) is 0 Å². The summed E-state index contributed by atoms with van der Waals surface area (Å²) in [6.07, 6.45) is 8.75. The van der Waals surface area contributed by atoms with Crippen LogP contribution < -0.4 is 0 Å². The fraction of sp³-hybridized carbons (Fsp3) is 0.750. The topological polar surface area (TPSA) is 9.23 Å². The molecule has 0 aromatic heterocycles. The minimum atomic E-state index is -1.65. The van der Waals surface area contributed by atoms with E-state index in [2.05, 4.69) is 52.6 Å². The molecule has 0 spiro atoms. The van der Waals surface area contributed by atoms with Gasteiger partial charge in [0, 0.05) is 5.92 Å². The first-order valence-electron chi connectivity index (χ1n) is 7.26. The lowest BCUT2D eigenvalue weighted by atomic mass is 10.00. The lowest BCUT2D eigenvalue weighted by Crippen LogP contribution is -2.44. The van der Waals surface area contributed by atoms with Crippen molar-refractivity contribution < 1.29 is 4.43 Å². The van der Waals surface area contributed by atoms with Crippen molar-refractivity contribution in [2.24, 2.45) is 11.8 Å². The van der Waals surface area contributed by atoms with Crippen LogP contribution in [0.3, 0.4) is 0 Å². The summed E-state index contributed by atoms with van der Waals surface area (Å²) in [4.78, 5) is 0. The SMILES string of the molecule is C=C[C@@H]1C2=CCC[C@H]2C[C@@H]1O[Si](C)(C)C(C)(C)C. The fourth-order valence-electron chi connectivity index (χ4n) is 3.05. The highest BCUT2D eigenvalue weighted by Crippen LogP contribution is 2.48. The van der Waals surface area contributed by atoms with Crippen molar-refractivity contribution in [2.45, 2.75) is 64.3 Å². The predicted molar refractivity (Wildman–Crippen MR) is 81.2 cm³/mol. The van der Waals surface area contributed by atoms with Crippen molar-refractivity contribution in [3.63, 3.8) is 0 Å². The molecule has 102 valence electrons. The van der Waals surface area contributed by atoms with Gasteiger partial charge >= 0.3 is 0 Å². The predicted octanol–water partition coefficient (Wildman–Crippen LogP) is 4.92. The number of rotatable bonds is 3. The van der Waals surface area contributed by atoms with E-state index >= 15 is 0 Å². The number of hydrogen-bond acceptors (Lipinski definition) is 1. The number of fused-ring (bicyclic) bond motifs is 1.